The van der Waals surface area contributed by atoms with Crippen LogP contribution in [0.2, 0.25) is 5.02 Å². The minimum absolute atomic E-state index is 0.282. The SMILES string of the molecule is O=C1CC2c3cc(Cl)ccc3CCN2C2CCCCC12. The third kappa shape index (κ3) is 1.93. The average Bonchev–Trinajstić information content (AvgIpc) is 2.47. The Labute approximate surface area is 125 Å². The fourth-order valence-electron chi connectivity index (χ4n) is 4.54. The minimum Gasteiger partial charge on any atom is -0.299 e. The number of nitrogens with zero attached hydrogens (tertiary/aromatic N) is 1. The summed E-state index contributed by atoms with van der Waals surface area (Å²) in [6.45, 7) is 1.10. The molecule has 1 aliphatic carbocycles. The summed E-state index contributed by atoms with van der Waals surface area (Å²) in [4.78, 5) is 15.1. The fraction of sp³-hybridized carbons (Fsp3) is 0.588. The van der Waals surface area contributed by atoms with Gasteiger partial charge in [0.25, 0.3) is 0 Å². The maximum Gasteiger partial charge on any atom is 0.139 e. The number of carbonyl (C=O) groups excluding carboxylic acids is 1. The lowest BCUT2D eigenvalue weighted by molar-refractivity contribution is -0.134. The van der Waals surface area contributed by atoms with Gasteiger partial charge in [0, 0.05) is 36.0 Å². The number of benzene rings is 1. The van der Waals surface area contributed by atoms with E-state index in [1.165, 1.54) is 30.4 Å². The van der Waals surface area contributed by atoms with Gasteiger partial charge in [0.1, 0.15) is 5.78 Å². The lowest BCUT2D eigenvalue weighted by Gasteiger charge is -2.50. The molecule has 0 spiro atoms. The van der Waals surface area contributed by atoms with Crippen LogP contribution in [0.4, 0.5) is 0 Å². The summed E-state index contributed by atoms with van der Waals surface area (Å²) in [5.41, 5.74) is 2.69. The van der Waals surface area contributed by atoms with E-state index in [2.05, 4.69) is 17.0 Å². The van der Waals surface area contributed by atoms with Gasteiger partial charge in [-0.3, -0.25) is 9.69 Å². The number of ketones is 1. The normalized spacial score (nSPS) is 33.2. The second-order valence-corrected chi connectivity index (χ2v) is 6.91. The summed E-state index contributed by atoms with van der Waals surface area (Å²) in [6.07, 6.45) is 6.60. The Morgan fingerprint density at radius 2 is 2.05 bits per heavy atom. The number of fused-ring (bicyclic) bond motifs is 5. The van der Waals surface area contributed by atoms with Gasteiger partial charge in [-0.1, -0.05) is 30.5 Å². The number of Topliss-reactive ketones (excluding diaryl/α,β-unsaturated/α-hetero) is 1. The lowest BCUT2D eigenvalue weighted by Crippen LogP contribution is -2.54. The number of halogens is 1. The van der Waals surface area contributed by atoms with Crippen molar-refractivity contribution in [1.29, 1.82) is 0 Å². The van der Waals surface area contributed by atoms with Crippen molar-refractivity contribution in [2.75, 3.05) is 6.54 Å². The summed E-state index contributed by atoms with van der Waals surface area (Å²) in [5.74, 6) is 0.796. The van der Waals surface area contributed by atoms with E-state index in [0.717, 1.165) is 24.4 Å². The van der Waals surface area contributed by atoms with Crippen LogP contribution in [0, 0.1) is 5.92 Å². The molecule has 1 aromatic rings. The number of carbonyl (C=O) groups is 1. The first kappa shape index (κ1) is 12.8. The van der Waals surface area contributed by atoms with Crippen molar-refractivity contribution in [2.24, 2.45) is 5.92 Å². The van der Waals surface area contributed by atoms with Crippen LogP contribution in [-0.2, 0) is 11.2 Å². The van der Waals surface area contributed by atoms with E-state index in [1.807, 2.05) is 6.07 Å². The zero-order chi connectivity index (χ0) is 13.7. The topological polar surface area (TPSA) is 20.3 Å². The van der Waals surface area contributed by atoms with Crippen molar-refractivity contribution in [1.82, 2.24) is 4.90 Å². The molecule has 106 valence electrons. The highest BCUT2D eigenvalue weighted by Crippen LogP contribution is 2.44. The van der Waals surface area contributed by atoms with Crippen molar-refractivity contribution in [3.8, 4) is 0 Å². The Kier molecular flexibility index (Phi) is 3.12. The van der Waals surface area contributed by atoms with Crippen LogP contribution in [0.3, 0.4) is 0 Å². The molecule has 3 aliphatic rings. The van der Waals surface area contributed by atoms with E-state index < -0.39 is 0 Å². The second kappa shape index (κ2) is 4.85. The molecule has 3 atom stereocenters. The highest BCUT2D eigenvalue weighted by molar-refractivity contribution is 6.30. The zero-order valence-corrected chi connectivity index (χ0v) is 12.4. The van der Waals surface area contributed by atoms with Crippen molar-refractivity contribution in [2.45, 2.75) is 50.6 Å². The van der Waals surface area contributed by atoms with Gasteiger partial charge in [0.15, 0.2) is 0 Å². The van der Waals surface area contributed by atoms with Crippen LogP contribution >= 0.6 is 11.6 Å². The Morgan fingerprint density at radius 3 is 2.95 bits per heavy atom. The van der Waals surface area contributed by atoms with Crippen LogP contribution in [0.5, 0.6) is 0 Å². The molecule has 2 nitrogen and oxygen atoms in total. The molecule has 0 bridgehead atoms. The molecule has 0 amide bonds. The smallest absolute Gasteiger partial charge is 0.139 e. The molecule has 2 heterocycles. The number of hydrogen-bond acceptors (Lipinski definition) is 2. The van der Waals surface area contributed by atoms with Crippen LogP contribution in [0.25, 0.3) is 0 Å². The van der Waals surface area contributed by atoms with Crippen molar-refractivity contribution < 1.29 is 4.79 Å². The van der Waals surface area contributed by atoms with Gasteiger partial charge >= 0.3 is 0 Å². The van der Waals surface area contributed by atoms with E-state index in [-0.39, 0.29) is 6.04 Å². The molecule has 0 aromatic heterocycles. The number of rotatable bonds is 0. The molecule has 0 radical (unpaired) electrons. The van der Waals surface area contributed by atoms with Gasteiger partial charge in [-0.25, -0.2) is 0 Å². The summed E-state index contributed by atoms with van der Waals surface area (Å²) in [5, 5.41) is 0.795. The Balaban J connectivity index is 1.73. The standard InChI is InChI=1S/C17H20ClNO/c18-12-6-5-11-7-8-19-15-4-2-1-3-13(15)17(20)10-16(19)14(11)9-12/h5-6,9,13,15-16H,1-4,7-8,10H2. The van der Waals surface area contributed by atoms with Crippen LogP contribution in [0.15, 0.2) is 18.2 Å². The molecule has 3 unspecified atom stereocenters. The zero-order valence-electron chi connectivity index (χ0n) is 11.6. The average molecular weight is 290 g/mol. The van der Waals surface area contributed by atoms with Crippen LogP contribution in [-0.4, -0.2) is 23.3 Å². The molecule has 4 rings (SSSR count). The Hall–Kier alpha value is -0.860. The maximum absolute atomic E-state index is 12.5. The van der Waals surface area contributed by atoms with E-state index in [4.69, 9.17) is 11.6 Å². The largest absolute Gasteiger partial charge is 0.299 e. The van der Waals surface area contributed by atoms with Gasteiger partial charge < -0.3 is 0 Å². The monoisotopic (exact) mass is 289 g/mol. The van der Waals surface area contributed by atoms with Gasteiger partial charge in [-0.05, 0) is 42.5 Å². The maximum atomic E-state index is 12.5. The first-order chi connectivity index (χ1) is 9.74. The van der Waals surface area contributed by atoms with E-state index in [1.54, 1.807) is 0 Å². The molecule has 1 saturated carbocycles. The van der Waals surface area contributed by atoms with Crippen molar-refractivity contribution >= 4 is 17.4 Å². The lowest BCUT2D eigenvalue weighted by atomic mass is 9.72. The number of hydrogen-bond donors (Lipinski definition) is 0. The molecule has 1 aromatic carbocycles. The molecule has 2 aliphatic heterocycles. The first-order valence-electron chi connectivity index (χ1n) is 7.81. The van der Waals surface area contributed by atoms with E-state index in [0.29, 0.717) is 24.2 Å². The highest BCUT2D eigenvalue weighted by Gasteiger charge is 2.45. The molecular weight excluding hydrogens is 270 g/mol. The van der Waals surface area contributed by atoms with Crippen molar-refractivity contribution in [3.63, 3.8) is 0 Å². The van der Waals surface area contributed by atoms with Crippen LogP contribution < -0.4 is 0 Å². The molecule has 3 heteroatoms. The third-order valence-electron chi connectivity index (χ3n) is 5.47. The van der Waals surface area contributed by atoms with Crippen LogP contribution in [0.1, 0.15) is 49.3 Å². The molecule has 1 saturated heterocycles. The Bertz CT molecular complexity index is 556. The summed E-state index contributed by atoms with van der Waals surface area (Å²) < 4.78 is 0. The van der Waals surface area contributed by atoms with Crippen molar-refractivity contribution in [3.05, 3.63) is 34.3 Å². The fourth-order valence-corrected chi connectivity index (χ4v) is 4.72. The van der Waals surface area contributed by atoms with E-state index in [9.17, 15) is 4.79 Å². The van der Waals surface area contributed by atoms with Gasteiger partial charge in [0.2, 0.25) is 0 Å². The van der Waals surface area contributed by atoms with Gasteiger partial charge in [0.05, 0.1) is 0 Å². The number of piperidine rings is 1. The summed E-state index contributed by atoms with van der Waals surface area (Å²) in [6, 6.07) is 6.98. The van der Waals surface area contributed by atoms with Gasteiger partial charge in [-0.15, -0.1) is 0 Å². The quantitative estimate of drug-likeness (QED) is 0.724. The highest BCUT2D eigenvalue weighted by atomic mass is 35.5. The molecule has 20 heavy (non-hydrogen) atoms. The van der Waals surface area contributed by atoms with Gasteiger partial charge in [-0.2, -0.15) is 0 Å². The molecule has 0 N–H and O–H groups in total. The molecule has 2 fully saturated rings. The predicted octanol–water partition coefficient (Wildman–Crippen LogP) is 3.77. The summed E-state index contributed by atoms with van der Waals surface area (Å²) in [7, 11) is 0. The third-order valence-corrected chi connectivity index (χ3v) is 5.71. The minimum atomic E-state index is 0.282. The first-order valence-corrected chi connectivity index (χ1v) is 8.18. The Morgan fingerprint density at radius 1 is 1.20 bits per heavy atom. The molecular formula is C17H20ClNO. The van der Waals surface area contributed by atoms with E-state index >= 15 is 0 Å². The predicted molar refractivity (Wildman–Crippen MR) is 80.0 cm³/mol. The second-order valence-electron chi connectivity index (χ2n) is 6.48. The summed E-state index contributed by atoms with van der Waals surface area (Å²) >= 11 is 6.18.